The van der Waals surface area contributed by atoms with Crippen molar-refractivity contribution in [3.05, 3.63) is 52.6 Å². The standard InChI is InChI=1S/C10H13ClO.C6H7.C2H6Si.2ClH.Ti/c1-10(2,3)7-4-8(11)6-9(12)5-7;1-6-4-2-3-5-6;1-3-2;;;/h4-6,12H,1-3H3;2,4H,3H2,1H3;1-2H3;2*1H;/q;-1;;;;. The van der Waals surface area contributed by atoms with Crippen molar-refractivity contribution in [2.45, 2.75) is 52.6 Å². The normalized spacial score (nSPS) is 11.2. The van der Waals surface area contributed by atoms with Gasteiger partial charge in [-0.25, -0.2) is 11.6 Å². The van der Waals surface area contributed by atoms with E-state index in [9.17, 15) is 5.11 Å². The molecule has 1 aliphatic carbocycles. The number of aromatic hydroxyl groups is 1. The van der Waals surface area contributed by atoms with E-state index in [-0.39, 0.29) is 57.7 Å². The number of hydrogen-bond acceptors (Lipinski definition) is 1. The average molecular weight is 443 g/mol. The Balaban J connectivity index is -0.000000143. The summed E-state index contributed by atoms with van der Waals surface area (Å²) in [6.45, 7) is 12.6. The summed E-state index contributed by atoms with van der Waals surface area (Å²) in [6, 6.07) is 5.16. The fourth-order valence-electron chi connectivity index (χ4n) is 1.52. The second-order valence-corrected chi connectivity index (χ2v) is 7.35. The minimum absolute atomic E-state index is 0. The third-order valence-electron chi connectivity index (χ3n) is 2.62. The fourth-order valence-corrected chi connectivity index (χ4v) is 1.75. The van der Waals surface area contributed by atoms with Crippen LogP contribution >= 0.6 is 36.4 Å². The number of allylic oxidation sites excluding steroid dienone is 4. The number of hydrogen-bond donors (Lipinski definition) is 1. The molecule has 0 bridgehead atoms. The molecule has 0 atom stereocenters. The maximum Gasteiger partial charge on any atom is 0.117 e. The Morgan fingerprint density at radius 1 is 1.12 bits per heavy atom. The van der Waals surface area contributed by atoms with Gasteiger partial charge in [0.1, 0.15) is 5.75 Å². The number of benzene rings is 1. The maximum absolute atomic E-state index is 9.27. The molecule has 1 aromatic rings. The zero-order valence-electron chi connectivity index (χ0n) is 15.2. The molecule has 0 aliphatic heterocycles. The van der Waals surface area contributed by atoms with Crippen LogP contribution in [0, 0.1) is 6.08 Å². The molecule has 1 nitrogen and oxygen atoms in total. The molecule has 0 aromatic heterocycles. The van der Waals surface area contributed by atoms with Crippen LogP contribution in [-0.4, -0.2) is 14.6 Å². The van der Waals surface area contributed by atoms with Gasteiger partial charge in [0.25, 0.3) is 0 Å². The zero-order chi connectivity index (χ0) is 16.5. The molecular formula is C18H28Cl3OSiTi-. The Bertz CT molecular complexity index is 475. The molecular weight excluding hydrogens is 415 g/mol. The SMILES string of the molecule is CC(C)(C)c1cc(O)cc(Cl)c1.CC1=[C-]CC=C1.C[Si]C.Cl.Cl.[Ti]. The van der Waals surface area contributed by atoms with Crippen molar-refractivity contribution in [2.24, 2.45) is 0 Å². The van der Waals surface area contributed by atoms with Crippen molar-refractivity contribution in [3.63, 3.8) is 0 Å². The Morgan fingerprint density at radius 3 is 1.88 bits per heavy atom. The van der Waals surface area contributed by atoms with Gasteiger partial charge in [0, 0.05) is 36.3 Å². The predicted molar refractivity (Wildman–Crippen MR) is 110 cm³/mol. The van der Waals surface area contributed by atoms with E-state index in [1.54, 1.807) is 6.07 Å². The van der Waals surface area contributed by atoms with Crippen LogP contribution in [0.1, 0.15) is 39.7 Å². The molecule has 0 spiro atoms. The van der Waals surface area contributed by atoms with Crippen molar-refractivity contribution in [1.29, 1.82) is 0 Å². The van der Waals surface area contributed by atoms with Crippen LogP contribution in [0.2, 0.25) is 18.1 Å². The van der Waals surface area contributed by atoms with E-state index in [4.69, 9.17) is 11.6 Å². The van der Waals surface area contributed by atoms with Crippen molar-refractivity contribution < 1.29 is 26.8 Å². The predicted octanol–water partition coefficient (Wildman–Crippen LogP) is 6.67. The van der Waals surface area contributed by atoms with E-state index < -0.39 is 0 Å². The first kappa shape index (κ1) is 32.0. The van der Waals surface area contributed by atoms with Gasteiger partial charge < -0.3 is 5.11 Å². The van der Waals surface area contributed by atoms with E-state index in [0.29, 0.717) is 5.02 Å². The smallest absolute Gasteiger partial charge is 0.117 e. The summed E-state index contributed by atoms with van der Waals surface area (Å²) in [5.74, 6) is 0.229. The third-order valence-corrected chi connectivity index (χ3v) is 2.83. The van der Waals surface area contributed by atoms with Crippen molar-refractivity contribution in [3.8, 4) is 5.75 Å². The number of rotatable bonds is 0. The third kappa shape index (κ3) is 15.8. The monoisotopic (exact) mass is 441 g/mol. The molecule has 0 saturated carbocycles. The van der Waals surface area contributed by atoms with Gasteiger partial charge in [0.15, 0.2) is 0 Å². The summed E-state index contributed by atoms with van der Waals surface area (Å²) in [7, 11) is 1.08. The van der Waals surface area contributed by atoms with Crippen molar-refractivity contribution >= 4 is 45.9 Å². The Morgan fingerprint density at radius 2 is 1.62 bits per heavy atom. The quantitative estimate of drug-likeness (QED) is 0.351. The van der Waals surface area contributed by atoms with E-state index in [1.165, 1.54) is 11.6 Å². The first-order valence-electron chi connectivity index (χ1n) is 7.03. The van der Waals surface area contributed by atoms with Crippen LogP contribution in [-0.2, 0) is 27.1 Å². The van der Waals surface area contributed by atoms with Gasteiger partial charge in [-0.15, -0.1) is 31.2 Å². The molecule has 0 fully saturated rings. The van der Waals surface area contributed by atoms with Crippen LogP contribution in [0.15, 0.2) is 35.9 Å². The fraction of sp³-hybridized carbons (Fsp3) is 0.444. The molecule has 6 heteroatoms. The van der Waals surface area contributed by atoms with Crippen LogP contribution < -0.4 is 0 Å². The van der Waals surface area contributed by atoms with E-state index >= 15 is 0 Å². The first-order chi connectivity index (χ1) is 9.70. The van der Waals surface area contributed by atoms with Crippen LogP contribution in [0.25, 0.3) is 0 Å². The van der Waals surface area contributed by atoms with Gasteiger partial charge in [-0.2, -0.15) is 6.08 Å². The minimum Gasteiger partial charge on any atom is -0.508 e. The maximum atomic E-state index is 9.27. The summed E-state index contributed by atoms with van der Waals surface area (Å²) < 4.78 is 0. The summed E-state index contributed by atoms with van der Waals surface area (Å²) >= 11 is 5.80. The number of phenols is 1. The molecule has 24 heavy (non-hydrogen) atoms. The van der Waals surface area contributed by atoms with Crippen LogP contribution in [0.5, 0.6) is 5.75 Å². The molecule has 0 heterocycles. The summed E-state index contributed by atoms with van der Waals surface area (Å²) in [4.78, 5) is 0. The molecule has 0 unspecified atom stereocenters. The van der Waals surface area contributed by atoms with E-state index in [0.717, 1.165) is 21.5 Å². The second-order valence-electron chi connectivity index (χ2n) is 5.91. The Kier molecular flexibility index (Phi) is 22.3. The minimum atomic E-state index is 0. The van der Waals surface area contributed by atoms with Crippen molar-refractivity contribution in [2.75, 3.05) is 0 Å². The molecule has 1 N–H and O–H groups in total. The summed E-state index contributed by atoms with van der Waals surface area (Å²) in [5, 5.41) is 9.86. The van der Waals surface area contributed by atoms with Gasteiger partial charge in [-0.3, -0.25) is 6.08 Å². The largest absolute Gasteiger partial charge is 0.508 e. The summed E-state index contributed by atoms with van der Waals surface area (Å²) in [6.07, 6.45) is 8.33. The number of halogens is 3. The molecule has 0 amide bonds. The topological polar surface area (TPSA) is 20.2 Å². The molecule has 2 radical (unpaired) electrons. The zero-order valence-corrected chi connectivity index (χ0v) is 20.2. The van der Waals surface area contributed by atoms with Crippen LogP contribution in [0.4, 0.5) is 0 Å². The summed E-state index contributed by atoms with van der Waals surface area (Å²) in [5.41, 5.74) is 2.35. The van der Waals surface area contributed by atoms with Crippen molar-refractivity contribution in [1.82, 2.24) is 0 Å². The first-order valence-corrected chi connectivity index (χ1v) is 9.41. The molecule has 136 valence electrons. The van der Waals surface area contributed by atoms with Gasteiger partial charge >= 0.3 is 0 Å². The van der Waals surface area contributed by atoms with Crippen LogP contribution in [0.3, 0.4) is 0 Å². The Hall–Kier alpha value is 0.301. The van der Waals surface area contributed by atoms with Gasteiger partial charge in [-0.1, -0.05) is 52.4 Å². The van der Waals surface area contributed by atoms with Gasteiger partial charge in [0.2, 0.25) is 0 Å². The second kappa shape index (κ2) is 16.8. The Labute approximate surface area is 182 Å². The van der Waals surface area contributed by atoms with E-state index in [1.807, 2.05) is 6.07 Å². The molecule has 0 saturated heterocycles. The molecule has 2 rings (SSSR count). The van der Waals surface area contributed by atoms with Gasteiger partial charge in [-0.05, 0) is 29.2 Å². The number of phenolic OH excluding ortho intramolecular Hbond substituents is 1. The van der Waals surface area contributed by atoms with E-state index in [2.05, 4.69) is 59.0 Å². The molecule has 1 aliphatic rings. The van der Waals surface area contributed by atoms with Gasteiger partial charge in [0.05, 0.1) is 0 Å². The molecule has 1 aromatic carbocycles. The average Bonchev–Trinajstić information content (AvgIpc) is 2.80.